The molecule has 0 atom stereocenters. The van der Waals surface area contributed by atoms with Gasteiger partial charge in [0.05, 0.1) is 5.69 Å². The van der Waals surface area contributed by atoms with Gasteiger partial charge < -0.3 is 14.5 Å². The summed E-state index contributed by atoms with van der Waals surface area (Å²) in [6, 6.07) is 2.32. The number of hydrogen-bond donors (Lipinski definition) is 0. The van der Waals surface area contributed by atoms with Gasteiger partial charge in [0.2, 0.25) is 5.91 Å². The number of amides is 2. The highest BCUT2D eigenvalue weighted by molar-refractivity contribution is 5.97. The van der Waals surface area contributed by atoms with Gasteiger partial charge in [-0.2, -0.15) is 0 Å². The molecule has 0 unspecified atom stereocenters. The first-order chi connectivity index (χ1) is 13.7. The summed E-state index contributed by atoms with van der Waals surface area (Å²) in [7, 11) is 0. The van der Waals surface area contributed by atoms with Gasteiger partial charge in [0, 0.05) is 26.1 Å². The van der Waals surface area contributed by atoms with Crippen LogP contribution in [-0.2, 0) is 35.2 Å². The maximum Gasteiger partial charge on any atom is 0.410 e. The van der Waals surface area contributed by atoms with Gasteiger partial charge in [-0.3, -0.25) is 4.79 Å². The average Bonchev–Trinajstić information content (AvgIpc) is 2.85. The molecule has 2 amide bonds. The van der Waals surface area contributed by atoms with E-state index in [2.05, 4.69) is 19.9 Å². The van der Waals surface area contributed by atoms with E-state index < -0.39 is 5.60 Å². The molecule has 0 spiro atoms. The number of rotatable bonds is 4. The largest absolute Gasteiger partial charge is 0.444 e. The van der Waals surface area contributed by atoms with Gasteiger partial charge in [-0.1, -0.05) is 26.3 Å². The van der Waals surface area contributed by atoms with Crippen LogP contribution < -0.4 is 4.90 Å². The number of aryl methyl sites for hydroxylation is 1. The SMILES string of the molecule is CCCc1c2c(cc3c1N(CCC)C(=O)CC3)CCN(C(=O)OC(C)(C)C)CC2. The molecule has 2 heterocycles. The van der Waals surface area contributed by atoms with E-state index in [-0.39, 0.29) is 12.0 Å². The van der Waals surface area contributed by atoms with Crippen LogP contribution in [0.15, 0.2) is 6.07 Å². The van der Waals surface area contributed by atoms with Gasteiger partial charge in [0.25, 0.3) is 0 Å². The van der Waals surface area contributed by atoms with Crippen molar-refractivity contribution in [2.45, 2.75) is 85.2 Å². The van der Waals surface area contributed by atoms with Gasteiger partial charge in [-0.15, -0.1) is 0 Å². The van der Waals surface area contributed by atoms with Crippen LogP contribution in [0, 0.1) is 0 Å². The third-order valence-electron chi connectivity index (χ3n) is 5.75. The normalized spacial score (nSPS) is 16.9. The molecule has 29 heavy (non-hydrogen) atoms. The van der Waals surface area contributed by atoms with Crippen LogP contribution in [0.3, 0.4) is 0 Å². The Balaban J connectivity index is 1.96. The molecule has 0 aromatic heterocycles. The van der Waals surface area contributed by atoms with Gasteiger partial charge in [-0.05, 0) is 75.1 Å². The van der Waals surface area contributed by atoms with E-state index in [1.807, 2.05) is 30.6 Å². The summed E-state index contributed by atoms with van der Waals surface area (Å²) in [5, 5.41) is 0. The fraction of sp³-hybridized carbons (Fsp3) is 0.667. The van der Waals surface area contributed by atoms with Gasteiger partial charge in [0.1, 0.15) is 5.60 Å². The van der Waals surface area contributed by atoms with Crippen LogP contribution in [-0.4, -0.2) is 42.1 Å². The molecule has 0 N–H and O–H groups in total. The van der Waals surface area contributed by atoms with Crippen LogP contribution in [0.25, 0.3) is 0 Å². The van der Waals surface area contributed by atoms with Crippen molar-refractivity contribution in [3.63, 3.8) is 0 Å². The summed E-state index contributed by atoms with van der Waals surface area (Å²) in [5.41, 5.74) is 6.05. The molecule has 0 bridgehead atoms. The first-order valence-electron chi connectivity index (χ1n) is 11.2. The van der Waals surface area contributed by atoms with Gasteiger partial charge in [0.15, 0.2) is 0 Å². The summed E-state index contributed by atoms with van der Waals surface area (Å²) in [5.74, 6) is 0.251. The summed E-state index contributed by atoms with van der Waals surface area (Å²) in [4.78, 5) is 29.2. The summed E-state index contributed by atoms with van der Waals surface area (Å²) >= 11 is 0. The van der Waals surface area contributed by atoms with Crippen LogP contribution >= 0.6 is 0 Å². The number of hydrogen-bond acceptors (Lipinski definition) is 3. The van der Waals surface area contributed by atoms with E-state index >= 15 is 0 Å². The Kier molecular flexibility index (Phi) is 6.55. The zero-order valence-corrected chi connectivity index (χ0v) is 18.8. The smallest absolute Gasteiger partial charge is 0.410 e. The molecule has 2 aliphatic rings. The molecule has 1 aromatic carbocycles. The Hall–Kier alpha value is -2.04. The zero-order valence-electron chi connectivity index (χ0n) is 18.8. The molecule has 0 radical (unpaired) electrons. The standard InChI is InChI=1S/C24H36N2O3/c1-6-8-20-19-12-15-25(23(28)29-24(3,4)5)14-11-17(19)16-18-9-10-21(27)26(13-7-2)22(18)20/h16H,6-15H2,1-5H3. The molecule has 3 rings (SSSR count). The molecular weight excluding hydrogens is 364 g/mol. The maximum absolute atomic E-state index is 12.7. The van der Waals surface area contributed by atoms with E-state index in [4.69, 9.17) is 4.74 Å². The zero-order chi connectivity index (χ0) is 21.2. The second kappa shape index (κ2) is 8.76. The van der Waals surface area contributed by atoms with Gasteiger partial charge >= 0.3 is 6.09 Å². The fourth-order valence-electron chi connectivity index (χ4n) is 4.56. The Morgan fingerprint density at radius 2 is 1.76 bits per heavy atom. The van der Waals surface area contributed by atoms with Crippen LogP contribution in [0.4, 0.5) is 10.5 Å². The number of carbonyl (C=O) groups excluding carboxylic acids is 2. The summed E-state index contributed by atoms with van der Waals surface area (Å²) in [6.45, 7) is 12.2. The summed E-state index contributed by atoms with van der Waals surface area (Å²) in [6.07, 6.45) is 5.86. The highest BCUT2D eigenvalue weighted by Gasteiger charge is 2.31. The van der Waals surface area contributed by atoms with E-state index in [0.29, 0.717) is 19.5 Å². The lowest BCUT2D eigenvalue weighted by atomic mass is 9.86. The van der Waals surface area contributed by atoms with Crippen molar-refractivity contribution in [1.29, 1.82) is 0 Å². The molecule has 0 saturated carbocycles. The van der Waals surface area contributed by atoms with Crippen molar-refractivity contribution in [1.82, 2.24) is 4.90 Å². The highest BCUT2D eigenvalue weighted by atomic mass is 16.6. The van der Waals surface area contributed by atoms with Crippen molar-refractivity contribution >= 4 is 17.7 Å². The molecule has 5 heteroatoms. The van der Waals surface area contributed by atoms with Crippen molar-refractivity contribution in [3.05, 3.63) is 28.3 Å². The average molecular weight is 401 g/mol. The predicted octanol–water partition coefficient (Wildman–Crippen LogP) is 4.66. The monoisotopic (exact) mass is 400 g/mol. The molecule has 2 aliphatic heterocycles. The van der Waals surface area contributed by atoms with E-state index in [0.717, 1.165) is 45.1 Å². The number of benzene rings is 1. The highest BCUT2D eigenvalue weighted by Crippen LogP contribution is 2.38. The Morgan fingerprint density at radius 1 is 1.03 bits per heavy atom. The number of nitrogens with zero attached hydrogens (tertiary/aromatic N) is 2. The van der Waals surface area contributed by atoms with Crippen LogP contribution in [0.2, 0.25) is 0 Å². The molecule has 0 saturated heterocycles. The van der Waals surface area contributed by atoms with Gasteiger partial charge in [-0.25, -0.2) is 4.79 Å². The van der Waals surface area contributed by atoms with Crippen molar-refractivity contribution in [2.75, 3.05) is 24.5 Å². The molecule has 0 aliphatic carbocycles. The third kappa shape index (κ3) is 4.76. The Bertz CT molecular complexity index is 779. The topological polar surface area (TPSA) is 49.9 Å². The van der Waals surface area contributed by atoms with Crippen LogP contribution in [0.5, 0.6) is 0 Å². The van der Waals surface area contributed by atoms with Crippen molar-refractivity contribution in [2.24, 2.45) is 0 Å². The number of carbonyl (C=O) groups is 2. The Labute approximate surface area is 175 Å². The first-order valence-corrected chi connectivity index (χ1v) is 11.2. The van der Waals surface area contributed by atoms with Crippen molar-refractivity contribution < 1.29 is 14.3 Å². The molecule has 1 aromatic rings. The second-order valence-corrected chi connectivity index (χ2v) is 9.26. The van der Waals surface area contributed by atoms with E-state index in [1.54, 1.807) is 0 Å². The summed E-state index contributed by atoms with van der Waals surface area (Å²) < 4.78 is 5.61. The lowest BCUT2D eigenvalue weighted by Gasteiger charge is -2.33. The lowest BCUT2D eigenvalue weighted by Crippen LogP contribution is -2.38. The molecule has 0 fully saturated rings. The minimum absolute atomic E-state index is 0.227. The Morgan fingerprint density at radius 3 is 2.41 bits per heavy atom. The predicted molar refractivity (Wildman–Crippen MR) is 117 cm³/mol. The quantitative estimate of drug-likeness (QED) is 0.738. The molecule has 5 nitrogen and oxygen atoms in total. The number of ether oxygens (including phenoxy) is 1. The van der Waals surface area contributed by atoms with Crippen LogP contribution in [0.1, 0.15) is 76.1 Å². The molecular formula is C24H36N2O3. The van der Waals surface area contributed by atoms with E-state index in [9.17, 15) is 9.59 Å². The second-order valence-electron chi connectivity index (χ2n) is 9.26. The number of anilines is 1. The first kappa shape index (κ1) is 21.7. The molecule has 160 valence electrons. The minimum atomic E-state index is -0.482. The number of fused-ring (bicyclic) bond motifs is 2. The lowest BCUT2D eigenvalue weighted by molar-refractivity contribution is -0.118. The van der Waals surface area contributed by atoms with Crippen molar-refractivity contribution in [3.8, 4) is 0 Å². The van der Waals surface area contributed by atoms with E-state index in [1.165, 1.54) is 27.9 Å². The fourth-order valence-corrected chi connectivity index (χ4v) is 4.56. The third-order valence-corrected chi connectivity index (χ3v) is 5.75. The minimum Gasteiger partial charge on any atom is -0.444 e. The maximum atomic E-state index is 12.7.